The molecule has 0 aliphatic rings. The SMILES string of the molecule is C[C@H](Oc1ccccc1C#N)C(=O)NCc1ccco1. The molecule has 0 fully saturated rings. The highest BCUT2D eigenvalue weighted by molar-refractivity contribution is 5.80. The van der Waals surface area contributed by atoms with E-state index in [9.17, 15) is 4.79 Å². The maximum Gasteiger partial charge on any atom is 0.261 e. The molecule has 20 heavy (non-hydrogen) atoms. The predicted molar refractivity (Wildman–Crippen MR) is 71.8 cm³/mol. The van der Waals surface area contributed by atoms with Crippen molar-refractivity contribution in [2.75, 3.05) is 0 Å². The molecule has 0 saturated carbocycles. The lowest BCUT2D eigenvalue weighted by Gasteiger charge is -2.15. The summed E-state index contributed by atoms with van der Waals surface area (Å²) < 4.78 is 10.6. The number of furan rings is 1. The van der Waals surface area contributed by atoms with Gasteiger partial charge in [0.25, 0.3) is 5.91 Å². The lowest BCUT2D eigenvalue weighted by atomic mass is 10.2. The fourth-order valence-corrected chi connectivity index (χ4v) is 1.64. The molecule has 1 heterocycles. The van der Waals surface area contributed by atoms with E-state index < -0.39 is 6.10 Å². The van der Waals surface area contributed by atoms with Gasteiger partial charge in [0.15, 0.2) is 6.10 Å². The van der Waals surface area contributed by atoms with E-state index in [1.165, 1.54) is 0 Å². The topological polar surface area (TPSA) is 75.3 Å². The van der Waals surface area contributed by atoms with Gasteiger partial charge in [-0.15, -0.1) is 0 Å². The molecule has 0 radical (unpaired) electrons. The molecule has 0 aliphatic heterocycles. The molecule has 0 saturated heterocycles. The third-order valence-electron chi connectivity index (χ3n) is 2.70. The summed E-state index contributed by atoms with van der Waals surface area (Å²) in [5.74, 6) is 0.799. The highest BCUT2D eigenvalue weighted by Gasteiger charge is 2.16. The molecule has 0 spiro atoms. The van der Waals surface area contributed by atoms with E-state index in [-0.39, 0.29) is 5.91 Å². The van der Waals surface area contributed by atoms with Crippen LogP contribution in [0.2, 0.25) is 0 Å². The van der Waals surface area contributed by atoms with Crippen LogP contribution >= 0.6 is 0 Å². The Labute approximate surface area is 116 Å². The largest absolute Gasteiger partial charge is 0.480 e. The fourth-order valence-electron chi connectivity index (χ4n) is 1.64. The molecular formula is C15H14N2O3. The summed E-state index contributed by atoms with van der Waals surface area (Å²) in [5.41, 5.74) is 0.401. The Morgan fingerprint density at radius 3 is 2.90 bits per heavy atom. The van der Waals surface area contributed by atoms with Gasteiger partial charge in [-0.2, -0.15) is 5.26 Å². The van der Waals surface area contributed by atoms with Gasteiger partial charge in [-0.25, -0.2) is 0 Å². The van der Waals surface area contributed by atoms with Crippen LogP contribution in [0.5, 0.6) is 5.75 Å². The molecule has 0 aliphatic carbocycles. The monoisotopic (exact) mass is 270 g/mol. The average Bonchev–Trinajstić information content (AvgIpc) is 2.98. The Hall–Kier alpha value is -2.74. The Morgan fingerprint density at radius 2 is 2.20 bits per heavy atom. The quantitative estimate of drug-likeness (QED) is 0.904. The summed E-state index contributed by atoms with van der Waals surface area (Å²) in [6, 6.07) is 12.4. The van der Waals surface area contributed by atoms with E-state index in [0.29, 0.717) is 23.6 Å². The maximum atomic E-state index is 11.9. The number of carbonyl (C=O) groups is 1. The van der Waals surface area contributed by atoms with Crippen LogP contribution < -0.4 is 10.1 Å². The van der Waals surface area contributed by atoms with Gasteiger partial charge in [-0.1, -0.05) is 12.1 Å². The van der Waals surface area contributed by atoms with Crippen LogP contribution in [0.25, 0.3) is 0 Å². The predicted octanol–water partition coefficient (Wildman–Crippen LogP) is 2.23. The summed E-state index contributed by atoms with van der Waals surface area (Å²) in [4.78, 5) is 11.9. The van der Waals surface area contributed by atoms with Crippen LogP contribution in [0.4, 0.5) is 0 Å². The van der Waals surface area contributed by atoms with Gasteiger partial charge in [-0.05, 0) is 31.2 Å². The second-order valence-electron chi connectivity index (χ2n) is 4.17. The number of nitriles is 1. The van der Waals surface area contributed by atoms with E-state index in [1.807, 2.05) is 6.07 Å². The molecule has 102 valence electrons. The molecule has 0 unspecified atom stereocenters. The molecule has 1 N–H and O–H groups in total. The minimum absolute atomic E-state index is 0.269. The lowest BCUT2D eigenvalue weighted by Crippen LogP contribution is -2.35. The van der Waals surface area contributed by atoms with Crippen LogP contribution in [0.15, 0.2) is 47.1 Å². The zero-order valence-corrected chi connectivity index (χ0v) is 11.0. The zero-order chi connectivity index (χ0) is 14.4. The number of hydrogen-bond donors (Lipinski definition) is 1. The smallest absolute Gasteiger partial charge is 0.261 e. The zero-order valence-electron chi connectivity index (χ0n) is 11.0. The van der Waals surface area contributed by atoms with Crippen molar-refractivity contribution < 1.29 is 13.9 Å². The Morgan fingerprint density at radius 1 is 1.40 bits per heavy atom. The number of para-hydroxylation sites is 1. The average molecular weight is 270 g/mol. The van der Waals surface area contributed by atoms with Gasteiger partial charge < -0.3 is 14.5 Å². The van der Waals surface area contributed by atoms with Crippen molar-refractivity contribution in [3.8, 4) is 11.8 Å². The minimum Gasteiger partial charge on any atom is -0.480 e. The number of nitrogens with one attached hydrogen (secondary N) is 1. The van der Waals surface area contributed by atoms with E-state index >= 15 is 0 Å². The Kier molecular flexibility index (Phi) is 4.40. The van der Waals surface area contributed by atoms with Crippen molar-refractivity contribution in [3.05, 3.63) is 54.0 Å². The second-order valence-corrected chi connectivity index (χ2v) is 4.17. The van der Waals surface area contributed by atoms with Crippen molar-refractivity contribution in [2.24, 2.45) is 0 Å². The lowest BCUT2D eigenvalue weighted by molar-refractivity contribution is -0.127. The van der Waals surface area contributed by atoms with E-state index in [4.69, 9.17) is 14.4 Å². The first-order valence-electron chi connectivity index (χ1n) is 6.16. The summed E-state index contributed by atoms with van der Waals surface area (Å²) in [7, 11) is 0. The highest BCUT2D eigenvalue weighted by atomic mass is 16.5. The van der Waals surface area contributed by atoms with Crippen molar-refractivity contribution >= 4 is 5.91 Å². The van der Waals surface area contributed by atoms with Gasteiger partial charge in [0.2, 0.25) is 0 Å². The van der Waals surface area contributed by atoms with Gasteiger partial charge >= 0.3 is 0 Å². The summed E-state index contributed by atoms with van der Waals surface area (Å²) in [6.07, 6.45) is 0.851. The van der Waals surface area contributed by atoms with Crippen LogP contribution in [-0.4, -0.2) is 12.0 Å². The number of carbonyl (C=O) groups excluding carboxylic acids is 1. The van der Waals surface area contributed by atoms with Crippen molar-refractivity contribution in [1.82, 2.24) is 5.32 Å². The number of hydrogen-bond acceptors (Lipinski definition) is 4. The second kappa shape index (κ2) is 6.43. The van der Waals surface area contributed by atoms with Gasteiger partial charge in [0.05, 0.1) is 18.4 Å². The molecule has 1 aromatic carbocycles. The summed E-state index contributed by atoms with van der Waals surface area (Å²) in [5, 5.41) is 11.7. The maximum absolute atomic E-state index is 11.9. The van der Waals surface area contributed by atoms with Crippen LogP contribution in [0.3, 0.4) is 0 Å². The van der Waals surface area contributed by atoms with Crippen molar-refractivity contribution in [1.29, 1.82) is 5.26 Å². The van der Waals surface area contributed by atoms with E-state index in [1.54, 1.807) is 49.6 Å². The molecule has 1 aromatic heterocycles. The number of benzene rings is 1. The number of nitrogens with zero attached hydrogens (tertiary/aromatic N) is 1. The molecular weight excluding hydrogens is 256 g/mol. The first kappa shape index (κ1) is 13.7. The molecule has 5 heteroatoms. The molecule has 0 bridgehead atoms. The minimum atomic E-state index is -0.695. The summed E-state index contributed by atoms with van der Waals surface area (Å²) >= 11 is 0. The molecule has 5 nitrogen and oxygen atoms in total. The van der Waals surface area contributed by atoms with Crippen molar-refractivity contribution in [3.63, 3.8) is 0 Å². The number of amides is 1. The molecule has 1 amide bonds. The molecule has 2 aromatic rings. The van der Waals surface area contributed by atoms with Gasteiger partial charge in [0.1, 0.15) is 17.6 Å². The first-order valence-corrected chi connectivity index (χ1v) is 6.16. The standard InChI is InChI=1S/C15H14N2O3/c1-11(15(18)17-10-13-6-4-8-19-13)20-14-7-3-2-5-12(14)9-16/h2-8,11H,10H2,1H3,(H,17,18)/t11-/m0/s1. The third kappa shape index (κ3) is 3.39. The van der Waals surface area contributed by atoms with Gasteiger partial charge in [-0.3, -0.25) is 4.79 Å². The highest BCUT2D eigenvalue weighted by Crippen LogP contribution is 2.18. The first-order chi connectivity index (χ1) is 9.70. The van der Waals surface area contributed by atoms with Crippen LogP contribution in [0, 0.1) is 11.3 Å². The molecule has 2 rings (SSSR count). The van der Waals surface area contributed by atoms with Crippen molar-refractivity contribution in [2.45, 2.75) is 19.6 Å². The Balaban J connectivity index is 1.92. The Bertz CT molecular complexity index is 614. The van der Waals surface area contributed by atoms with E-state index in [2.05, 4.69) is 5.32 Å². The summed E-state index contributed by atoms with van der Waals surface area (Å²) in [6.45, 7) is 1.94. The van der Waals surface area contributed by atoms with Crippen LogP contribution in [-0.2, 0) is 11.3 Å². The molecule has 1 atom stereocenters. The number of rotatable bonds is 5. The normalized spacial score (nSPS) is 11.4. The van der Waals surface area contributed by atoms with Crippen LogP contribution in [0.1, 0.15) is 18.2 Å². The van der Waals surface area contributed by atoms with Gasteiger partial charge in [0, 0.05) is 0 Å². The fraction of sp³-hybridized carbons (Fsp3) is 0.200. The number of ether oxygens (including phenoxy) is 1. The van der Waals surface area contributed by atoms with E-state index in [0.717, 1.165) is 0 Å². The third-order valence-corrected chi connectivity index (χ3v) is 2.70.